The molecule has 72 heavy (non-hydrogen) atoms. The number of aliphatic hydroxyl groups excluding tert-OH is 1. The Hall–Kier alpha value is -3.44. The molecule has 0 saturated carbocycles. The Morgan fingerprint density at radius 3 is 0.847 bits per heavy atom. The zero-order chi connectivity index (χ0) is 52.0. The van der Waals surface area contributed by atoms with Gasteiger partial charge < -0.3 is 14.6 Å². The second-order valence-corrected chi connectivity index (χ2v) is 20.0. The highest BCUT2D eigenvalue weighted by atomic mass is 16.6. The van der Waals surface area contributed by atoms with Crippen LogP contribution in [0.3, 0.4) is 0 Å². The lowest BCUT2D eigenvalue weighted by Crippen LogP contribution is -2.28. The van der Waals surface area contributed by atoms with Crippen LogP contribution in [0.1, 0.15) is 284 Å². The normalized spacial score (nSPS) is 13.0. The maximum Gasteiger partial charge on any atom is 0.306 e. The van der Waals surface area contributed by atoms with Crippen LogP contribution in [-0.4, -0.2) is 36.4 Å². The van der Waals surface area contributed by atoms with Gasteiger partial charge in [0.05, 0.1) is 6.61 Å². The summed E-state index contributed by atoms with van der Waals surface area (Å²) in [4.78, 5) is 24.5. The first kappa shape index (κ1) is 68.6. The Balaban J connectivity index is 3.44. The average Bonchev–Trinajstić information content (AvgIpc) is 3.38. The molecule has 0 radical (unpaired) electrons. The molecular weight excluding hydrogens is 885 g/mol. The number of esters is 2. The minimum absolute atomic E-state index is 0.0815. The summed E-state index contributed by atoms with van der Waals surface area (Å²) in [6.07, 6.45) is 89.6. The van der Waals surface area contributed by atoms with Crippen LogP contribution in [0.2, 0.25) is 0 Å². The number of carbonyl (C=O) groups is 2. The Bertz CT molecular complexity index is 1410. The predicted molar refractivity (Wildman–Crippen MR) is 315 cm³/mol. The lowest BCUT2D eigenvalue weighted by atomic mass is 10.0. The topological polar surface area (TPSA) is 72.8 Å². The van der Waals surface area contributed by atoms with Gasteiger partial charge in [-0.3, -0.25) is 9.59 Å². The van der Waals surface area contributed by atoms with Crippen molar-refractivity contribution in [1.82, 2.24) is 0 Å². The van der Waals surface area contributed by atoms with E-state index >= 15 is 0 Å². The summed E-state index contributed by atoms with van der Waals surface area (Å²) in [6.45, 7) is 3.90. The second kappa shape index (κ2) is 61.9. The molecule has 0 bridgehead atoms. The van der Waals surface area contributed by atoms with Gasteiger partial charge in [-0.1, -0.05) is 284 Å². The Labute approximate surface area is 446 Å². The van der Waals surface area contributed by atoms with Gasteiger partial charge in [-0.2, -0.15) is 0 Å². The summed E-state index contributed by atoms with van der Waals surface area (Å²) in [5.74, 6) is -0.623. The molecule has 0 amide bonds. The second-order valence-electron chi connectivity index (χ2n) is 20.0. The maximum absolute atomic E-state index is 12.3. The molecule has 412 valence electrons. The van der Waals surface area contributed by atoms with Gasteiger partial charge in [-0.15, -0.1) is 0 Å². The van der Waals surface area contributed by atoms with Gasteiger partial charge in [0.1, 0.15) is 6.61 Å². The predicted octanol–water partition coefficient (Wildman–Crippen LogP) is 20.9. The Kier molecular flexibility index (Phi) is 58.9. The minimum atomic E-state index is -0.794. The number of allylic oxidation sites excluding steroid dienone is 18. The third kappa shape index (κ3) is 59.1. The summed E-state index contributed by atoms with van der Waals surface area (Å²) in [7, 11) is 0. The molecule has 0 aromatic carbocycles. The molecule has 0 aromatic rings. The number of hydrogen-bond acceptors (Lipinski definition) is 5. The average molecular weight is 1000 g/mol. The molecule has 0 heterocycles. The highest BCUT2D eigenvalue weighted by Crippen LogP contribution is 2.17. The lowest BCUT2D eigenvalue weighted by molar-refractivity contribution is -0.161. The van der Waals surface area contributed by atoms with Crippen molar-refractivity contribution in [2.24, 2.45) is 0 Å². The fourth-order valence-corrected chi connectivity index (χ4v) is 8.58. The minimum Gasteiger partial charge on any atom is -0.462 e. The van der Waals surface area contributed by atoms with Crippen molar-refractivity contribution < 1.29 is 24.2 Å². The number of hydrogen-bond donors (Lipinski definition) is 1. The molecule has 1 unspecified atom stereocenters. The molecule has 0 aliphatic carbocycles. The zero-order valence-electron chi connectivity index (χ0n) is 47.2. The van der Waals surface area contributed by atoms with Crippen LogP contribution in [0.4, 0.5) is 0 Å². The van der Waals surface area contributed by atoms with Gasteiger partial charge >= 0.3 is 11.9 Å². The third-order valence-electron chi connectivity index (χ3n) is 13.1. The van der Waals surface area contributed by atoms with Crippen LogP contribution >= 0.6 is 0 Å². The van der Waals surface area contributed by atoms with Crippen molar-refractivity contribution >= 4 is 11.9 Å². The first-order chi connectivity index (χ1) is 35.6. The van der Waals surface area contributed by atoms with E-state index in [1.807, 2.05) is 0 Å². The monoisotopic (exact) mass is 999 g/mol. The summed E-state index contributed by atoms with van der Waals surface area (Å²) in [5, 5.41) is 9.65. The maximum atomic E-state index is 12.3. The fraction of sp³-hybridized carbons (Fsp3) is 0.701. The van der Waals surface area contributed by atoms with Gasteiger partial charge in [0, 0.05) is 12.8 Å². The molecule has 0 fully saturated rings. The van der Waals surface area contributed by atoms with Crippen molar-refractivity contribution in [2.75, 3.05) is 13.2 Å². The number of ether oxygens (including phenoxy) is 2. The van der Waals surface area contributed by atoms with Crippen LogP contribution in [0, 0.1) is 0 Å². The molecule has 5 heteroatoms. The smallest absolute Gasteiger partial charge is 0.306 e. The van der Waals surface area contributed by atoms with E-state index < -0.39 is 6.10 Å². The molecule has 1 atom stereocenters. The Morgan fingerprint density at radius 1 is 0.319 bits per heavy atom. The molecule has 5 nitrogen and oxygen atoms in total. The molecular formula is C67H114O5. The van der Waals surface area contributed by atoms with Crippen molar-refractivity contribution in [3.05, 3.63) is 109 Å². The van der Waals surface area contributed by atoms with Gasteiger partial charge in [0.15, 0.2) is 6.10 Å². The zero-order valence-corrected chi connectivity index (χ0v) is 47.2. The van der Waals surface area contributed by atoms with Crippen LogP contribution in [0.25, 0.3) is 0 Å². The molecule has 0 aliphatic rings. The molecule has 0 rings (SSSR count). The number of rotatable bonds is 55. The van der Waals surface area contributed by atoms with Crippen molar-refractivity contribution in [3.63, 3.8) is 0 Å². The van der Waals surface area contributed by atoms with E-state index in [9.17, 15) is 14.7 Å². The van der Waals surface area contributed by atoms with Gasteiger partial charge in [-0.25, -0.2) is 0 Å². The van der Waals surface area contributed by atoms with E-state index in [0.717, 1.165) is 103 Å². The van der Waals surface area contributed by atoms with Crippen molar-refractivity contribution in [3.8, 4) is 0 Å². The van der Waals surface area contributed by atoms with Crippen LogP contribution in [0.5, 0.6) is 0 Å². The first-order valence-corrected chi connectivity index (χ1v) is 30.4. The van der Waals surface area contributed by atoms with E-state index in [1.54, 1.807) is 0 Å². The Morgan fingerprint density at radius 2 is 0.556 bits per heavy atom. The lowest BCUT2D eigenvalue weighted by Gasteiger charge is -2.15. The van der Waals surface area contributed by atoms with Gasteiger partial charge in [0.25, 0.3) is 0 Å². The van der Waals surface area contributed by atoms with Crippen LogP contribution in [0.15, 0.2) is 109 Å². The number of aliphatic hydroxyl groups is 1. The molecule has 0 aliphatic heterocycles. The molecule has 1 N–H and O–H groups in total. The van der Waals surface area contributed by atoms with E-state index in [0.29, 0.717) is 12.8 Å². The largest absolute Gasteiger partial charge is 0.462 e. The summed E-state index contributed by atoms with van der Waals surface area (Å²) in [6, 6.07) is 0. The quantitative estimate of drug-likeness (QED) is 0.0373. The SMILES string of the molecule is CC/C=C\C/C=C\C/C=C\C/C=C\C/C=C\CCCCCC(=O)OC(CO)COC(=O)CCCCCCCCCCCCCCCCCCCCCCCCCCCC/C=C\C/C=C\C/C=C\C/C=C\CC. The summed E-state index contributed by atoms with van der Waals surface area (Å²) in [5.41, 5.74) is 0. The first-order valence-electron chi connectivity index (χ1n) is 30.4. The van der Waals surface area contributed by atoms with E-state index in [2.05, 4.69) is 123 Å². The highest BCUT2D eigenvalue weighted by molar-refractivity contribution is 5.70. The molecule has 0 saturated heterocycles. The number of unbranched alkanes of at least 4 members (excludes halogenated alkanes) is 29. The van der Waals surface area contributed by atoms with Crippen LogP contribution < -0.4 is 0 Å². The van der Waals surface area contributed by atoms with Crippen molar-refractivity contribution in [2.45, 2.75) is 290 Å². The van der Waals surface area contributed by atoms with E-state index in [1.165, 1.54) is 154 Å². The highest BCUT2D eigenvalue weighted by Gasteiger charge is 2.16. The summed E-state index contributed by atoms with van der Waals surface area (Å²) < 4.78 is 10.7. The van der Waals surface area contributed by atoms with Gasteiger partial charge in [-0.05, 0) is 96.3 Å². The molecule has 0 spiro atoms. The van der Waals surface area contributed by atoms with Crippen LogP contribution in [-0.2, 0) is 19.1 Å². The number of carbonyl (C=O) groups excluding carboxylic acids is 2. The van der Waals surface area contributed by atoms with E-state index in [-0.39, 0.29) is 25.2 Å². The van der Waals surface area contributed by atoms with Crippen molar-refractivity contribution in [1.29, 1.82) is 0 Å². The van der Waals surface area contributed by atoms with E-state index in [4.69, 9.17) is 9.47 Å². The summed E-state index contributed by atoms with van der Waals surface area (Å²) >= 11 is 0. The standard InChI is InChI=1S/C67H114O5/c1-3-5-7-9-11-13-15-17-19-21-23-24-25-26-27-28-29-30-31-32-33-34-35-36-37-38-39-40-41-42-44-45-47-49-51-53-55-57-59-61-66(69)71-64-65(63-68)72-67(70)62-60-58-56-54-52-50-48-46-43-22-20-18-16-14-12-10-8-6-4-2/h5-8,11-14,17-20,23-24,43,46,50,52,65,68H,3-4,9-10,15-16,21-22,25-42,44-45,47-49,51,53-64H2,1-2H3/b7-5-,8-6-,13-11-,14-12-,19-17-,20-18-,24-23-,46-43-,52-50-. The molecule has 0 aromatic heterocycles. The fourth-order valence-electron chi connectivity index (χ4n) is 8.58. The third-order valence-corrected chi connectivity index (χ3v) is 13.1. The van der Waals surface area contributed by atoms with Gasteiger partial charge in [0.2, 0.25) is 0 Å².